The molecule has 0 spiro atoms. The number of hydrogen-bond donors (Lipinski definition) is 2. The fraction of sp³-hybridized carbons (Fsp3) is 0.205. The zero-order valence-electron chi connectivity index (χ0n) is 28.5. The molecule has 1 saturated carbocycles. The highest BCUT2D eigenvalue weighted by Crippen LogP contribution is 2.38. The lowest BCUT2D eigenvalue weighted by Crippen LogP contribution is -2.21. The number of allylic oxidation sites excluding steroid dienone is 2. The summed E-state index contributed by atoms with van der Waals surface area (Å²) in [6.07, 6.45) is 3.84. The summed E-state index contributed by atoms with van der Waals surface area (Å²) in [6.45, 7) is 0.979. The molecule has 51 heavy (non-hydrogen) atoms. The number of Topliss-reactive ketones (excluding diaryl/α,β-unsaturated/α-hetero) is 2. The lowest BCUT2D eigenvalue weighted by molar-refractivity contribution is -0.130. The van der Waals surface area contributed by atoms with Crippen LogP contribution in [0.4, 0.5) is 11.4 Å². The van der Waals surface area contributed by atoms with Crippen molar-refractivity contribution in [1.82, 2.24) is 0 Å². The van der Waals surface area contributed by atoms with E-state index in [4.69, 9.17) is 15.2 Å². The Morgan fingerprint density at radius 3 is 1.57 bits per heavy atom. The number of nitrogens with one attached hydrogen (secondary N) is 1. The standard InChI is InChI=1S/C25H24N2O2.C19H18O3/c26-23-11-5-6-12-24(23)27-20-14-19(15-21(28)16-20)22-10-4-7-13-25(22)29-17-18-8-2-1-3-9-18;20-16-10-15(11-17(21)12-16)18-8-4-5-9-19(18)22-13-14-6-2-1-3-7-14/h1-13,16,19,27H,14-15,17,26H2;1-9,15H,10-13H2. The van der Waals surface area contributed by atoms with Gasteiger partial charge in [-0.3, -0.25) is 14.4 Å². The molecule has 0 saturated heterocycles. The fourth-order valence-electron chi connectivity index (χ4n) is 6.56. The highest BCUT2D eigenvalue weighted by Gasteiger charge is 2.28. The Morgan fingerprint density at radius 2 is 1.02 bits per heavy atom. The predicted octanol–water partition coefficient (Wildman–Crippen LogP) is 8.96. The summed E-state index contributed by atoms with van der Waals surface area (Å²) in [7, 11) is 0. The van der Waals surface area contributed by atoms with Crippen LogP contribution < -0.4 is 20.5 Å². The number of hydrogen-bond acceptors (Lipinski definition) is 7. The first kappa shape index (κ1) is 34.9. The molecule has 7 rings (SSSR count). The van der Waals surface area contributed by atoms with Crippen LogP contribution in [0, 0.1) is 0 Å². The van der Waals surface area contributed by atoms with Gasteiger partial charge in [-0.25, -0.2) is 0 Å². The minimum atomic E-state index is -0.0549. The summed E-state index contributed by atoms with van der Waals surface area (Å²) < 4.78 is 12.0. The number of rotatable bonds is 10. The van der Waals surface area contributed by atoms with E-state index in [9.17, 15) is 14.4 Å². The van der Waals surface area contributed by atoms with Crippen molar-refractivity contribution in [3.63, 3.8) is 0 Å². The van der Waals surface area contributed by atoms with Crippen LogP contribution in [-0.4, -0.2) is 17.3 Å². The minimum Gasteiger partial charge on any atom is -0.489 e. The number of carbonyl (C=O) groups excluding carboxylic acids is 3. The van der Waals surface area contributed by atoms with Gasteiger partial charge < -0.3 is 20.5 Å². The average molecular weight is 679 g/mol. The number of ketones is 3. The zero-order chi connectivity index (χ0) is 35.4. The van der Waals surface area contributed by atoms with Crippen molar-refractivity contribution in [1.29, 1.82) is 0 Å². The van der Waals surface area contributed by atoms with Gasteiger partial charge in [0.15, 0.2) is 5.78 Å². The Morgan fingerprint density at radius 1 is 0.549 bits per heavy atom. The third kappa shape index (κ3) is 9.82. The van der Waals surface area contributed by atoms with Gasteiger partial charge in [-0.05, 0) is 52.9 Å². The van der Waals surface area contributed by atoms with Gasteiger partial charge >= 0.3 is 0 Å². The van der Waals surface area contributed by atoms with Crippen LogP contribution in [0.2, 0.25) is 0 Å². The SMILES string of the molecule is Nc1ccccc1NC1=CC(=O)CC(c2ccccc2OCc2ccccc2)C1.O=C1CC(=O)CC(c2ccccc2OCc2ccccc2)C1. The number of benzene rings is 5. The largest absolute Gasteiger partial charge is 0.489 e. The molecule has 0 aliphatic heterocycles. The van der Waals surface area contributed by atoms with Crippen molar-refractivity contribution in [2.75, 3.05) is 11.1 Å². The first-order valence-corrected chi connectivity index (χ1v) is 17.3. The van der Waals surface area contributed by atoms with Crippen molar-refractivity contribution in [3.8, 4) is 11.5 Å². The van der Waals surface area contributed by atoms with E-state index in [1.807, 2.05) is 127 Å². The first-order valence-electron chi connectivity index (χ1n) is 17.3. The second-order valence-electron chi connectivity index (χ2n) is 12.9. The van der Waals surface area contributed by atoms with Crippen LogP contribution in [0.25, 0.3) is 0 Å². The Bertz CT molecular complexity index is 1970. The van der Waals surface area contributed by atoms with Crippen LogP contribution in [-0.2, 0) is 27.6 Å². The molecule has 7 nitrogen and oxygen atoms in total. The smallest absolute Gasteiger partial charge is 0.158 e. The van der Waals surface area contributed by atoms with E-state index < -0.39 is 0 Å². The van der Waals surface area contributed by atoms with E-state index in [-0.39, 0.29) is 35.6 Å². The zero-order valence-corrected chi connectivity index (χ0v) is 28.5. The molecular formula is C44H42N2O5. The van der Waals surface area contributed by atoms with E-state index in [1.54, 1.807) is 6.08 Å². The fourth-order valence-corrected chi connectivity index (χ4v) is 6.56. The van der Waals surface area contributed by atoms with E-state index in [1.165, 1.54) is 0 Å². The van der Waals surface area contributed by atoms with Crippen molar-refractivity contribution in [3.05, 3.63) is 167 Å². The Balaban J connectivity index is 0.000000183. The molecule has 3 N–H and O–H groups in total. The number of nitrogen functional groups attached to an aromatic ring is 1. The van der Waals surface area contributed by atoms with Crippen molar-refractivity contribution < 1.29 is 23.9 Å². The predicted molar refractivity (Wildman–Crippen MR) is 201 cm³/mol. The molecule has 0 radical (unpaired) electrons. The summed E-state index contributed by atoms with van der Waals surface area (Å²) in [5.41, 5.74) is 12.6. The number of para-hydroxylation sites is 4. The summed E-state index contributed by atoms with van der Waals surface area (Å²) in [5.74, 6) is 1.76. The van der Waals surface area contributed by atoms with Gasteiger partial charge in [0, 0.05) is 42.9 Å². The Kier molecular flexibility index (Phi) is 11.7. The van der Waals surface area contributed by atoms with Gasteiger partial charge in [-0.15, -0.1) is 0 Å². The molecule has 1 unspecified atom stereocenters. The number of ether oxygens (including phenoxy) is 2. The minimum absolute atomic E-state index is 0.0270. The number of anilines is 2. The second-order valence-corrected chi connectivity index (χ2v) is 12.9. The molecule has 0 heterocycles. The maximum Gasteiger partial charge on any atom is 0.158 e. The van der Waals surface area contributed by atoms with Crippen LogP contribution in [0.3, 0.4) is 0 Å². The van der Waals surface area contributed by atoms with E-state index >= 15 is 0 Å². The van der Waals surface area contributed by atoms with E-state index in [0.717, 1.165) is 51.6 Å². The molecule has 5 aromatic carbocycles. The van der Waals surface area contributed by atoms with E-state index in [0.29, 0.717) is 38.2 Å². The van der Waals surface area contributed by atoms with Gasteiger partial charge in [0.25, 0.3) is 0 Å². The molecular weight excluding hydrogens is 636 g/mol. The maximum absolute atomic E-state index is 12.4. The average Bonchev–Trinajstić information content (AvgIpc) is 3.15. The molecule has 258 valence electrons. The molecule has 1 fully saturated rings. The van der Waals surface area contributed by atoms with Crippen LogP contribution in [0.15, 0.2) is 145 Å². The Labute approximate surface area is 299 Å². The monoisotopic (exact) mass is 678 g/mol. The van der Waals surface area contributed by atoms with Gasteiger partial charge in [0.1, 0.15) is 36.3 Å². The lowest BCUT2D eigenvalue weighted by atomic mass is 9.82. The molecule has 1 atom stereocenters. The summed E-state index contributed by atoms with van der Waals surface area (Å²) >= 11 is 0. The van der Waals surface area contributed by atoms with Crippen molar-refractivity contribution >= 4 is 28.7 Å². The van der Waals surface area contributed by atoms with Gasteiger partial charge in [-0.2, -0.15) is 0 Å². The van der Waals surface area contributed by atoms with Gasteiger partial charge in [-0.1, -0.05) is 109 Å². The third-order valence-electron chi connectivity index (χ3n) is 9.04. The van der Waals surface area contributed by atoms with E-state index in [2.05, 4.69) is 11.4 Å². The topological polar surface area (TPSA) is 108 Å². The van der Waals surface area contributed by atoms with Crippen LogP contribution in [0.5, 0.6) is 11.5 Å². The molecule has 0 bridgehead atoms. The lowest BCUT2D eigenvalue weighted by Gasteiger charge is -2.25. The first-order chi connectivity index (χ1) is 24.9. The molecule has 0 aromatic heterocycles. The van der Waals surface area contributed by atoms with Crippen LogP contribution >= 0.6 is 0 Å². The highest BCUT2D eigenvalue weighted by atomic mass is 16.5. The maximum atomic E-state index is 12.4. The summed E-state index contributed by atoms with van der Waals surface area (Å²) in [6, 6.07) is 43.3. The molecule has 7 heteroatoms. The van der Waals surface area contributed by atoms with Crippen LogP contribution in [0.1, 0.15) is 66.2 Å². The number of carbonyl (C=O) groups is 3. The molecule has 2 aliphatic rings. The number of nitrogens with two attached hydrogens (primary N) is 1. The Hall–Kier alpha value is -5.95. The molecule has 5 aromatic rings. The molecule has 2 aliphatic carbocycles. The normalized spacial score (nSPS) is 16.0. The van der Waals surface area contributed by atoms with Gasteiger partial charge in [0.05, 0.1) is 17.8 Å². The van der Waals surface area contributed by atoms with Crippen molar-refractivity contribution in [2.24, 2.45) is 0 Å². The highest BCUT2D eigenvalue weighted by molar-refractivity contribution is 6.02. The molecule has 0 amide bonds. The van der Waals surface area contributed by atoms with Gasteiger partial charge in [0.2, 0.25) is 0 Å². The second kappa shape index (κ2) is 17.1. The quantitative estimate of drug-likeness (QED) is 0.112. The van der Waals surface area contributed by atoms with Crippen molar-refractivity contribution in [2.45, 2.75) is 57.2 Å². The third-order valence-corrected chi connectivity index (χ3v) is 9.04. The summed E-state index contributed by atoms with van der Waals surface area (Å²) in [4.78, 5) is 35.8. The summed E-state index contributed by atoms with van der Waals surface area (Å²) in [5, 5.41) is 3.33.